The van der Waals surface area contributed by atoms with E-state index >= 15 is 0 Å². The van der Waals surface area contributed by atoms with Crippen LogP contribution in [0.4, 0.5) is 39.4 Å². The van der Waals surface area contributed by atoms with Gasteiger partial charge in [-0.05, 0) is 37.1 Å². The maximum atomic E-state index is 13.0. The molecule has 19 heteroatoms. The number of nitrogens with two attached hydrogens (primary N) is 1. The predicted octanol–water partition coefficient (Wildman–Crippen LogP) is 0.828. The van der Waals surface area contributed by atoms with Gasteiger partial charge in [-0.25, -0.2) is 34.3 Å². The number of nitrogens with zero attached hydrogens (tertiary/aromatic N) is 9. The van der Waals surface area contributed by atoms with Gasteiger partial charge in [0.05, 0.1) is 44.3 Å². The van der Waals surface area contributed by atoms with Gasteiger partial charge in [0, 0.05) is 58.4 Å². The lowest BCUT2D eigenvalue weighted by molar-refractivity contribution is 0.0585. The number of pyridine rings is 2. The largest absolute Gasteiger partial charge is 0.464 e. The number of hydrogen-bond acceptors (Lipinski definition) is 15. The Labute approximate surface area is 297 Å². The monoisotopic (exact) mass is 714 g/mol. The second-order valence-electron chi connectivity index (χ2n) is 12.3. The van der Waals surface area contributed by atoms with E-state index in [2.05, 4.69) is 45.1 Å². The Balaban J connectivity index is 0.000000155. The van der Waals surface area contributed by atoms with Gasteiger partial charge >= 0.3 is 18.0 Å². The van der Waals surface area contributed by atoms with Crippen molar-refractivity contribution in [2.24, 2.45) is 14.1 Å². The van der Waals surface area contributed by atoms with Crippen LogP contribution < -0.4 is 42.2 Å². The number of rotatable bonds is 3. The van der Waals surface area contributed by atoms with Crippen molar-refractivity contribution in [3.05, 3.63) is 81.1 Å². The lowest BCUT2D eigenvalue weighted by Gasteiger charge is -2.35. The third kappa shape index (κ3) is 7.32. The van der Waals surface area contributed by atoms with Crippen molar-refractivity contribution in [2.75, 3.05) is 71.5 Å². The molecule has 52 heavy (non-hydrogen) atoms. The van der Waals surface area contributed by atoms with Crippen molar-refractivity contribution in [3.63, 3.8) is 0 Å². The van der Waals surface area contributed by atoms with Crippen LogP contribution in [0.1, 0.15) is 33.8 Å². The lowest BCUT2D eigenvalue weighted by atomic mass is 10.2. The number of urea groups is 1. The van der Waals surface area contributed by atoms with Crippen LogP contribution in [-0.2, 0) is 23.6 Å². The molecular weight excluding hydrogens is 676 g/mol. The van der Waals surface area contributed by atoms with E-state index in [4.69, 9.17) is 10.5 Å². The van der Waals surface area contributed by atoms with Crippen LogP contribution in [0.15, 0.2) is 58.6 Å². The first-order valence-corrected chi connectivity index (χ1v) is 16.3. The highest BCUT2D eigenvalue weighted by Crippen LogP contribution is 2.39. The first-order chi connectivity index (χ1) is 24.9. The van der Waals surface area contributed by atoms with Gasteiger partial charge in [0.2, 0.25) is 0 Å². The van der Waals surface area contributed by atoms with Gasteiger partial charge in [-0.3, -0.25) is 19.8 Å². The molecular formula is C33H38N12O7. The maximum Gasteiger partial charge on any atom is 0.356 e. The van der Waals surface area contributed by atoms with Crippen LogP contribution in [0.5, 0.6) is 0 Å². The summed E-state index contributed by atoms with van der Waals surface area (Å²) in [4.78, 5) is 81.0. The smallest absolute Gasteiger partial charge is 0.356 e. The van der Waals surface area contributed by atoms with Crippen molar-refractivity contribution < 1.29 is 23.9 Å². The average molecular weight is 715 g/mol. The minimum Gasteiger partial charge on any atom is -0.464 e. The Morgan fingerprint density at radius 1 is 0.827 bits per heavy atom. The van der Waals surface area contributed by atoms with E-state index < -0.39 is 18.0 Å². The van der Waals surface area contributed by atoms with Gasteiger partial charge < -0.3 is 39.5 Å². The van der Waals surface area contributed by atoms with E-state index in [-0.39, 0.29) is 34.5 Å². The number of nitrogen functional groups attached to an aromatic ring is 1. The van der Waals surface area contributed by atoms with Crippen molar-refractivity contribution >= 4 is 52.6 Å². The molecule has 8 rings (SSSR count). The molecule has 2 atom stereocenters. The number of carbonyl (C=O) groups excluding carboxylic acids is 3. The van der Waals surface area contributed by atoms with E-state index in [0.717, 1.165) is 49.7 Å². The van der Waals surface area contributed by atoms with Crippen LogP contribution in [0.2, 0.25) is 0 Å². The van der Waals surface area contributed by atoms with E-state index in [9.17, 15) is 24.0 Å². The summed E-state index contributed by atoms with van der Waals surface area (Å²) in [6.45, 7) is 3.57. The number of amides is 2. The fourth-order valence-corrected chi connectivity index (χ4v) is 6.19. The number of carbonyl (C=O) groups is 3. The van der Waals surface area contributed by atoms with Crippen LogP contribution in [0.25, 0.3) is 0 Å². The second kappa shape index (κ2) is 14.8. The lowest BCUT2D eigenvalue weighted by Crippen LogP contribution is -2.48. The number of fused-ring (bicyclic) bond motifs is 8. The van der Waals surface area contributed by atoms with Gasteiger partial charge in [0.25, 0.3) is 11.1 Å². The average Bonchev–Trinajstić information content (AvgIpc) is 3.75. The van der Waals surface area contributed by atoms with Crippen LogP contribution in [-0.4, -0.2) is 99.5 Å². The molecule has 4 aromatic rings. The minimum absolute atomic E-state index is 0.0792. The Morgan fingerprint density at radius 3 is 2.10 bits per heavy atom. The molecule has 0 saturated carbocycles. The van der Waals surface area contributed by atoms with E-state index in [1.165, 1.54) is 53.0 Å². The van der Waals surface area contributed by atoms with Gasteiger partial charge in [-0.15, -0.1) is 0 Å². The number of nitrogens with one attached hydrogen (secondary N) is 2. The van der Waals surface area contributed by atoms with Gasteiger partial charge in [-0.2, -0.15) is 0 Å². The molecule has 4 aliphatic heterocycles. The molecule has 272 valence electrons. The molecule has 4 bridgehead atoms. The quantitative estimate of drug-likeness (QED) is 0.250. The van der Waals surface area contributed by atoms with Crippen molar-refractivity contribution in [3.8, 4) is 0 Å². The highest BCUT2D eigenvalue weighted by Gasteiger charge is 2.41. The Bertz CT molecular complexity index is 2140. The summed E-state index contributed by atoms with van der Waals surface area (Å²) in [7, 11) is 5.84. The highest BCUT2D eigenvalue weighted by atomic mass is 16.5. The summed E-state index contributed by atoms with van der Waals surface area (Å²) in [5, 5.41) is 6.00. The molecule has 0 spiro atoms. The summed E-state index contributed by atoms with van der Waals surface area (Å²) in [6.07, 6.45) is 4.63. The molecule has 2 amide bonds. The van der Waals surface area contributed by atoms with E-state index in [1.54, 1.807) is 32.3 Å². The zero-order valence-corrected chi connectivity index (χ0v) is 29.0. The Hall–Kier alpha value is -6.53. The number of esters is 2. The number of anilines is 6. The molecule has 2 fully saturated rings. The predicted molar refractivity (Wildman–Crippen MR) is 191 cm³/mol. The normalized spacial score (nSPS) is 17.3. The third-order valence-electron chi connectivity index (χ3n) is 8.92. The Kier molecular flexibility index (Phi) is 10.0. The zero-order chi connectivity index (χ0) is 37.1. The fourth-order valence-electron chi connectivity index (χ4n) is 6.19. The molecule has 0 radical (unpaired) electrons. The van der Waals surface area contributed by atoms with Crippen molar-refractivity contribution in [1.82, 2.24) is 29.1 Å². The first-order valence-electron chi connectivity index (χ1n) is 16.3. The van der Waals surface area contributed by atoms with E-state index in [1.807, 2.05) is 6.07 Å². The number of aryl methyl sites for hydroxylation is 2. The number of aromatic nitrogens is 6. The molecule has 8 heterocycles. The summed E-state index contributed by atoms with van der Waals surface area (Å²) in [6, 6.07) is 9.47. The highest BCUT2D eigenvalue weighted by molar-refractivity contribution is 6.04. The molecule has 0 aromatic carbocycles. The number of ether oxygens (including phenoxy) is 2. The summed E-state index contributed by atoms with van der Waals surface area (Å²) in [5.41, 5.74) is 7.14. The van der Waals surface area contributed by atoms with Crippen LogP contribution >= 0.6 is 0 Å². The van der Waals surface area contributed by atoms with Crippen molar-refractivity contribution in [1.29, 1.82) is 0 Å². The van der Waals surface area contributed by atoms with Crippen LogP contribution in [0, 0.1) is 0 Å². The summed E-state index contributed by atoms with van der Waals surface area (Å²) >= 11 is 0. The molecule has 4 N–H and O–H groups in total. The van der Waals surface area contributed by atoms with Gasteiger partial charge in [-0.1, -0.05) is 0 Å². The summed E-state index contributed by atoms with van der Waals surface area (Å²) in [5.74, 6) is 0.661. The van der Waals surface area contributed by atoms with Crippen LogP contribution in [0.3, 0.4) is 0 Å². The van der Waals surface area contributed by atoms with Gasteiger partial charge in [0.15, 0.2) is 23.0 Å². The molecule has 4 aliphatic rings. The Morgan fingerprint density at radius 2 is 1.44 bits per heavy atom. The SMILES string of the molecule is COC(=O)c1ccc2c(n1)N(C(=O)Nc1cc(=O)n(C)cn1)[C@H]1CCN2C1.COC(=O)c1ccc2c(n1)N[C@H]1CCN2C1.Cn1cnc(N)cc1=O. The standard InChI is InChI=1S/C17H18N6O4.C11H13N3O2.C5H7N3O/c1-21-9-18-13(7-14(21)24)20-17(26)23-10-5-6-22(8-10)12-4-3-11(16(25)27-2)19-15(12)23;1-16-11(15)8-2-3-9-10(13-8)12-7-4-5-14(9)6-7;1-8-3-7-4(6)2-5(8)9/h3-4,7,9-10H,5-6,8H2,1-2H3,(H,20,26);2-3,7H,4-6H2,1H3,(H,12,13);2-3H,6H2,1H3/t10-;7-;/m00./s1. The molecule has 19 nitrogen and oxygen atoms in total. The van der Waals surface area contributed by atoms with E-state index in [0.29, 0.717) is 24.1 Å². The topological polar surface area (TPSA) is 225 Å². The maximum absolute atomic E-state index is 13.0. The molecule has 0 unspecified atom stereocenters. The molecule has 4 aromatic heterocycles. The number of methoxy groups -OCH3 is 2. The fraction of sp³-hybridized carbons (Fsp3) is 0.364. The van der Waals surface area contributed by atoms with Gasteiger partial charge in [0.1, 0.15) is 11.6 Å². The molecule has 2 saturated heterocycles. The first kappa shape index (κ1) is 35.3. The van der Waals surface area contributed by atoms with Crippen molar-refractivity contribution in [2.45, 2.75) is 24.9 Å². The second-order valence-corrected chi connectivity index (χ2v) is 12.3. The summed E-state index contributed by atoms with van der Waals surface area (Å²) < 4.78 is 12.1. The minimum atomic E-state index is -0.570. The third-order valence-corrected chi connectivity index (χ3v) is 8.92. The number of hydrogen-bond donors (Lipinski definition) is 3. The molecule has 0 aliphatic carbocycles. The zero-order valence-electron chi connectivity index (χ0n) is 29.0.